The highest BCUT2D eigenvalue weighted by molar-refractivity contribution is 5.99. The number of amides is 2. The lowest BCUT2D eigenvalue weighted by atomic mass is 9.99. The van der Waals surface area contributed by atoms with Crippen molar-refractivity contribution in [1.29, 1.82) is 0 Å². The summed E-state index contributed by atoms with van der Waals surface area (Å²) in [5, 5.41) is 23.8. The third kappa shape index (κ3) is 13.1. The van der Waals surface area contributed by atoms with Gasteiger partial charge >= 0.3 is 0 Å². The molecule has 15 nitrogen and oxygen atoms in total. The molecule has 0 aliphatic carbocycles. The fourth-order valence-electron chi connectivity index (χ4n) is 9.54. The van der Waals surface area contributed by atoms with Crippen LogP contribution in [-0.4, -0.2) is 126 Å². The zero-order valence-electron chi connectivity index (χ0n) is 42.2. The Morgan fingerprint density at radius 2 is 1.01 bits per heavy atom. The van der Waals surface area contributed by atoms with E-state index in [1.165, 1.54) is 27.8 Å². The van der Waals surface area contributed by atoms with Crippen molar-refractivity contribution in [2.75, 3.05) is 79.2 Å². The second kappa shape index (κ2) is 26.0. The largest absolute Gasteiger partial charge is 0.394 e. The normalized spacial score (nSPS) is 12.7. The summed E-state index contributed by atoms with van der Waals surface area (Å²) >= 11 is 0. The number of aromatic nitrogens is 5. The number of nitrogens with zero attached hydrogens (tertiary/aromatic N) is 2. The molecular formula is C54H75N7O8. The molecule has 0 unspecified atom stereocenters. The molecule has 4 aromatic heterocycles. The fraction of sp³-hybridized carbons (Fsp3) is 0.519. The van der Waals surface area contributed by atoms with E-state index in [-0.39, 0.29) is 44.7 Å². The van der Waals surface area contributed by atoms with E-state index in [9.17, 15) is 9.59 Å². The monoisotopic (exact) mass is 950 g/mol. The van der Waals surface area contributed by atoms with Gasteiger partial charge in [0.25, 0.3) is 0 Å². The van der Waals surface area contributed by atoms with Crippen molar-refractivity contribution >= 4 is 67.2 Å². The molecule has 0 fully saturated rings. The molecule has 0 atom stereocenters. The first-order chi connectivity index (χ1) is 33.5. The molecule has 69 heavy (non-hydrogen) atoms. The average molecular weight is 950 g/mol. The van der Waals surface area contributed by atoms with Gasteiger partial charge in [0.1, 0.15) is 0 Å². The maximum atomic E-state index is 13.3. The summed E-state index contributed by atoms with van der Waals surface area (Å²) in [7, 11) is 0. The van der Waals surface area contributed by atoms with Gasteiger partial charge in [0.05, 0.1) is 94.4 Å². The molecule has 374 valence electrons. The van der Waals surface area contributed by atoms with Crippen LogP contribution in [0.15, 0.2) is 24.3 Å². The molecular weight excluding hydrogens is 875 g/mol. The summed E-state index contributed by atoms with van der Waals surface area (Å²) in [4.78, 5) is 48.7. The van der Waals surface area contributed by atoms with E-state index in [1.54, 1.807) is 0 Å². The maximum absolute atomic E-state index is 13.3. The number of hydrogen-bond donors (Lipinski definition) is 7. The number of ether oxygens (including phenoxy) is 4. The van der Waals surface area contributed by atoms with E-state index in [1.807, 2.05) is 0 Å². The van der Waals surface area contributed by atoms with Crippen LogP contribution in [0.5, 0.6) is 0 Å². The first kappa shape index (κ1) is 52.9. The lowest BCUT2D eigenvalue weighted by molar-refractivity contribution is -0.122. The summed E-state index contributed by atoms with van der Waals surface area (Å²) in [5.41, 5.74) is 20.7. The number of aryl methyl sites for hydroxylation is 6. The van der Waals surface area contributed by atoms with Crippen LogP contribution in [0.1, 0.15) is 123 Å². The van der Waals surface area contributed by atoms with Gasteiger partial charge in [0.2, 0.25) is 11.8 Å². The van der Waals surface area contributed by atoms with E-state index in [0.29, 0.717) is 72.0 Å². The lowest BCUT2D eigenvalue weighted by Crippen LogP contribution is -2.27. The van der Waals surface area contributed by atoms with E-state index in [2.05, 4.69) is 105 Å². The van der Waals surface area contributed by atoms with Gasteiger partial charge in [-0.2, -0.15) is 0 Å². The third-order valence-corrected chi connectivity index (χ3v) is 13.2. The molecule has 6 rings (SSSR count). The van der Waals surface area contributed by atoms with Crippen molar-refractivity contribution in [2.45, 2.75) is 107 Å². The second-order valence-corrected chi connectivity index (χ2v) is 17.5. The highest BCUT2D eigenvalue weighted by atomic mass is 16.5. The van der Waals surface area contributed by atoms with Crippen LogP contribution in [0.3, 0.4) is 0 Å². The third-order valence-electron chi connectivity index (χ3n) is 13.2. The molecule has 0 saturated heterocycles. The summed E-state index contributed by atoms with van der Waals surface area (Å²) < 4.78 is 21.7. The number of nitrogens with one attached hydrogen (secondary N) is 5. The van der Waals surface area contributed by atoms with Gasteiger partial charge in [-0.05, 0) is 146 Å². The van der Waals surface area contributed by atoms with Crippen LogP contribution in [0.25, 0.3) is 55.4 Å². The van der Waals surface area contributed by atoms with Crippen molar-refractivity contribution in [3.63, 3.8) is 0 Å². The number of allylic oxidation sites excluding steroid dienone is 4. The van der Waals surface area contributed by atoms with Crippen molar-refractivity contribution in [3.8, 4) is 0 Å². The summed E-state index contributed by atoms with van der Waals surface area (Å²) in [6, 6.07) is 8.68. The molecule has 2 aliphatic rings. The molecule has 0 saturated carbocycles. The summed E-state index contributed by atoms with van der Waals surface area (Å²) in [5.74, 6) is -0.120. The minimum atomic E-state index is -0.0664. The standard InChI is InChI=1S/C54H75N7O8/c1-9-37-35(7)53-54-36(8)38(10-2)46(61-54)30-44-34(6)42(14-16-52(65)56-18-22-67-26-28-69-24-20-63)50(58-44)32-48-40(12-4)39(11-3)47(59-48)31-49-41(33(5)43(57-49)29-45(37)60-53)13-15-51(64)55-17-21-66-25-27-68-23-19-62/h29-32,57,59-60,62-63H,9-28H2,1-8H3,(H,55,64)(H,56,65). The number of hydrogen-bond acceptors (Lipinski definition) is 10. The van der Waals surface area contributed by atoms with Crippen LogP contribution >= 0.6 is 0 Å². The Kier molecular flexibility index (Phi) is 19.9. The predicted octanol–water partition coefficient (Wildman–Crippen LogP) is 7.93. The molecule has 0 radical (unpaired) electrons. The van der Waals surface area contributed by atoms with Crippen LogP contribution in [0.4, 0.5) is 0 Å². The summed E-state index contributed by atoms with van der Waals surface area (Å²) in [6.45, 7) is 20.9. The molecule has 4 aromatic rings. The highest BCUT2D eigenvalue weighted by Crippen LogP contribution is 2.39. The Hall–Kier alpha value is -5.42. The average Bonchev–Trinajstić information content (AvgIpc) is 4.10. The number of carbonyl (C=O) groups is 2. The highest BCUT2D eigenvalue weighted by Gasteiger charge is 2.24. The maximum Gasteiger partial charge on any atom is 0.220 e. The van der Waals surface area contributed by atoms with Gasteiger partial charge in [0.15, 0.2) is 0 Å². The van der Waals surface area contributed by atoms with Crippen molar-refractivity contribution in [3.05, 3.63) is 80.4 Å². The van der Waals surface area contributed by atoms with Crippen LogP contribution in [-0.2, 0) is 54.2 Å². The lowest BCUT2D eigenvalue weighted by Gasteiger charge is -2.08. The molecule has 2 aliphatic heterocycles. The minimum absolute atomic E-state index is 0.0266. The fourth-order valence-corrected chi connectivity index (χ4v) is 9.54. The van der Waals surface area contributed by atoms with Crippen molar-refractivity contribution < 1.29 is 38.7 Å². The molecule has 10 bridgehead atoms. The Labute approximate surface area is 406 Å². The molecule has 6 heterocycles. The van der Waals surface area contributed by atoms with E-state index < -0.39 is 0 Å². The Balaban J connectivity index is 1.46. The minimum Gasteiger partial charge on any atom is -0.394 e. The first-order valence-electron chi connectivity index (χ1n) is 24.9. The van der Waals surface area contributed by atoms with Gasteiger partial charge in [-0.25, -0.2) is 9.97 Å². The number of H-pyrrole nitrogens is 3. The number of rotatable bonds is 26. The Morgan fingerprint density at radius 3 is 1.59 bits per heavy atom. The Morgan fingerprint density at radius 1 is 0.507 bits per heavy atom. The number of carbonyl (C=O) groups excluding carboxylic acids is 2. The molecule has 7 N–H and O–H groups in total. The van der Waals surface area contributed by atoms with Crippen LogP contribution in [0, 0.1) is 13.8 Å². The number of aromatic amines is 3. The number of fused-ring (bicyclic) bond motifs is 11. The number of aliphatic hydroxyl groups excluding tert-OH is 2. The predicted molar refractivity (Wildman–Crippen MR) is 276 cm³/mol. The summed E-state index contributed by atoms with van der Waals surface area (Å²) in [6.07, 6.45) is 4.85. The molecule has 0 spiro atoms. The van der Waals surface area contributed by atoms with Gasteiger partial charge in [-0.1, -0.05) is 27.7 Å². The van der Waals surface area contributed by atoms with Crippen LogP contribution < -0.4 is 10.6 Å². The van der Waals surface area contributed by atoms with Crippen molar-refractivity contribution in [1.82, 2.24) is 35.6 Å². The molecule has 2 amide bonds. The van der Waals surface area contributed by atoms with Crippen LogP contribution in [0.2, 0.25) is 0 Å². The number of aliphatic hydroxyl groups is 2. The van der Waals surface area contributed by atoms with Crippen molar-refractivity contribution in [2.24, 2.45) is 0 Å². The smallest absolute Gasteiger partial charge is 0.220 e. The van der Waals surface area contributed by atoms with E-state index in [4.69, 9.17) is 39.1 Å². The quantitative estimate of drug-likeness (QED) is 0.0303. The Bertz CT molecular complexity index is 2710. The van der Waals surface area contributed by atoms with Gasteiger partial charge in [-0.3, -0.25) is 9.59 Å². The SMILES string of the molecule is CCC1=C(C)c2nc1cc1nc(cc3[nH]c(cc4[nH]c(cc5[nH]c2c(C)c5CC)c(C)c4CCC(=O)NCCOCCOCCO)c(CC)c3CC)C(CCC(=O)NCCOCCOCCO)=C1C. The van der Waals surface area contributed by atoms with E-state index in [0.717, 1.165) is 109 Å². The first-order valence-corrected chi connectivity index (χ1v) is 24.9. The van der Waals surface area contributed by atoms with Gasteiger partial charge in [-0.15, -0.1) is 0 Å². The second-order valence-electron chi connectivity index (χ2n) is 17.5. The topological polar surface area (TPSA) is 209 Å². The zero-order valence-corrected chi connectivity index (χ0v) is 42.2. The van der Waals surface area contributed by atoms with Gasteiger partial charge < -0.3 is 54.7 Å². The van der Waals surface area contributed by atoms with E-state index >= 15 is 0 Å². The zero-order chi connectivity index (χ0) is 49.5. The van der Waals surface area contributed by atoms with Gasteiger partial charge in [0, 0.05) is 53.5 Å². The molecule has 15 heteroatoms. The molecule has 0 aromatic carbocycles.